The van der Waals surface area contributed by atoms with Crippen LogP contribution in [0.5, 0.6) is 0 Å². The molecule has 1 aliphatic heterocycles. The number of halogens is 1. The molecule has 1 atom stereocenters. The number of rotatable bonds is 6. The van der Waals surface area contributed by atoms with E-state index in [1.165, 1.54) is 0 Å². The fourth-order valence-corrected chi connectivity index (χ4v) is 2.62. The van der Waals surface area contributed by atoms with Crippen LogP contribution in [-0.4, -0.2) is 30.5 Å². The Labute approximate surface area is 109 Å². The third kappa shape index (κ3) is 3.35. The van der Waals surface area contributed by atoms with Crippen molar-refractivity contribution in [1.82, 2.24) is 5.32 Å². The third-order valence-corrected chi connectivity index (χ3v) is 4.67. The van der Waals surface area contributed by atoms with Gasteiger partial charge in [-0.2, -0.15) is 0 Å². The molecule has 1 rings (SSSR count). The van der Waals surface area contributed by atoms with Gasteiger partial charge in [-0.1, -0.05) is 13.8 Å². The molecule has 1 unspecified atom stereocenters. The molecule has 0 aromatic heterocycles. The highest BCUT2D eigenvalue weighted by molar-refractivity contribution is 6.18. The Bertz CT molecular complexity index is 250. The Morgan fingerprint density at radius 1 is 1.47 bits per heavy atom. The molecule has 0 aliphatic carbocycles. The number of hydrogen-bond donors (Lipinski definition) is 1. The van der Waals surface area contributed by atoms with Gasteiger partial charge in [0, 0.05) is 24.4 Å². The lowest BCUT2D eigenvalue weighted by Crippen LogP contribution is -2.48. The van der Waals surface area contributed by atoms with Crippen molar-refractivity contribution < 1.29 is 9.53 Å². The lowest BCUT2D eigenvalue weighted by molar-refractivity contribution is -0.140. The van der Waals surface area contributed by atoms with Crippen molar-refractivity contribution in [3.05, 3.63) is 0 Å². The third-order valence-electron chi connectivity index (χ3n) is 4.11. The zero-order valence-corrected chi connectivity index (χ0v) is 11.9. The largest absolute Gasteiger partial charge is 0.365 e. The second-order valence-corrected chi connectivity index (χ2v) is 5.47. The molecule has 0 radical (unpaired) electrons. The van der Waals surface area contributed by atoms with E-state index in [1.54, 1.807) is 0 Å². The van der Waals surface area contributed by atoms with E-state index in [9.17, 15) is 4.79 Å². The molecule has 3 nitrogen and oxygen atoms in total. The van der Waals surface area contributed by atoms with Crippen LogP contribution in [0.2, 0.25) is 0 Å². The molecule has 100 valence electrons. The minimum Gasteiger partial charge on any atom is -0.365 e. The predicted octanol–water partition coefficient (Wildman–Crippen LogP) is 2.72. The SMILES string of the molecule is CCC(CC)(CCl)CNC(=O)C1(C)CCCO1. The summed E-state index contributed by atoms with van der Waals surface area (Å²) < 4.78 is 5.52. The van der Waals surface area contributed by atoms with Crippen LogP contribution in [-0.2, 0) is 9.53 Å². The lowest BCUT2D eigenvalue weighted by atomic mass is 9.84. The molecular weight excluding hydrogens is 238 g/mol. The van der Waals surface area contributed by atoms with Crippen LogP contribution < -0.4 is 5.32 Å². The normalized spacial score (nSPS) is 24.9. The number of alkyl halides is 1. The highest BCUT2D eigenvalue weighted by Gasteiger charge is 2.38. The summed E-state index contributed by atoms with van der Waals surface area (Å²) in [6, 6.07) is 0. The van der Waals surface area contributed by atoms with Crippen LogP contribution in [0, 0.1) is 5.41 Å². The maximum absolute atomic E-state index is 12.1. The molecule has 4 heteroatoms. The average Bonchev–Trinajstić information content (AvgIpc) is 2.80. The van der Waals surface area contributed by atoms with Crippen molar-refractivity contribution in [3.63, 3.8) is 0 Å². The smallest absolute Gasteiger partial charge is 0.251 e. The van der Waals surface area contributed by atoms with Gasteiger partial charge in [0.25, 0.3) is 5.91 Å². The zero-order valence-electron chi connectivity index (χ0n) is 11.1. The number of hydrogen-bond acceptors (Lipinski definition) is 2. The first-order chi connectivity index (χ1) is 8.02. The van der Waals surface area contributed by atoms with Gasteiger partial charge in [-0.3, -0.25) is 4.79 Å². The van der Waals surface area contributed by atoms with E-state index in [0.29, 0.717) is 19.0 Å². The molecule has 1 amide bonds. The molecule has 0 bridgehead atoms. The first-order valence-corrected chi connectivity index (χ1v) is 7.03. The summed E-state index contributed by atoms with van der Waals surface area (Å²) in [4.78, 5) is 12.1. The van der Waals surface area contributed by atoms with Gasteiger partial charge in [0.1, 0.15) is 5.60 Å². The topological polar surface area (TPSA) is 38.3 Å². The molecule has 1 fully saturated rings. The van der Waals surface area contributed by atoms with Crippen molar-refractivity contribution in [1.29, 1.82) is 0 Å². The predicted molar refractivity (Wildman–Crippen MR) is 70.3 cm³/mol. The van der Waals surface area contributed by atoms with Crippen molar-refractivity contribution in [3.8, 4) is 0 Å². The van der Waals surface area contributed by atoms with E-state index in [4.69, 9.17) is 16.3 Å². The van der Waals surface area contributed by atoms with E-state index in [2.05, 4.69) is 19.2 Å². The summed E-state index contributed by atoms with van der Waals surface area (Å²) in [5.74, 6) is 0.587. The number of nitrogens with one attached hydrogen (secondary N) is 1. The Hall–Kier alpha value is -0.280. The summed E-state index contributed by atoms with van der Waals surface area (Å²) in [6.45, 7) is 7.43. The molecule has 0 saturated carbocycles. The zero-order chi connectivity index (χ0) is 12.9. The first-order valence-electron chi connectivity index (χ1n) is 6.50. The fourth-order valence-electron chi connectivity index (χ4n) is 2.15. The summed E-state index contributed by atoms with van der Waals surface area (Å²) in [7, 11) is 0. The maximum Gasteiger partial charge on any atom is 0.251 e. The fraction of sp³-hybridized carbons (Fsp3) is 0.923. The van der Waals surface area contributed by atoms with Crippen LogP contribution in [0.1, 0.15) is 46.5 Å². The van der Waals surface area contributed by atoms with Gasteiger partial charge in [0.15, 0.2) is 0 Å². The van der Waals surface area contributed by atoms with Crippen LogP contribution in [0.3, 0.4) is 0 Å². The van der Waals surface area contributed by atoms with E-state index in [-0.39, 0.29) is 11.3 Å². The lowest BCUT2D eigenvalue weighted by Gasteiger charge is -2.31. The van der Waals surface area contributed by atoms with Gasteiger partial charge in [-0.05, 0) is 32.6 Å². The van der Waals surface area contributed by atoms with Gasteiger partial charge in [-0.15, -0.1) is 11.6 Å². The molecule has 1 aliphatic rings. The molecule has 1 heterocycles. The number of carbonyl (C=O) groups excluding carboxylic acids is 1. The summed E-state index contributed by atoms with van der Waals surface area (Å²) in [6.07, 6.45) is 3.73. The highest BCUT2D eigenvalue weighted by atomic mass is 35.5. The standard InChI is InChI=1S/C13H24ClNO2/c1-4-13(5-2,9-14)10-15-11(16)12(3)7-6-8-17-12/h4-10H2,1-3H3,(H,15,16). The average molecular weight is 262 g/mol. The maximum atomic E-state index is 12.1. The quantitative estimate of drug-likeness (QED) is 0.747. The molecule has 1 saturated heterocycles. The minimum absolute atomic E-state index is 0.00592. The summed E-state index contributed by atoms with van der Waals surface area (Å²) in [5.41, 5.74) is -0.605. The Morgan fingerprint density at radius 3 is 2.53 bits per heavy atom. The number of carbonyl (C=O) groups is 1. The van der Waals surface area contributed by atoms with Crippen molar-refractivity contribution in [2.75, 3.05) is 19.0 Å². The number of ether oxygens (including phenoxy) is 1. The molecule has 0 aromatic carbocycles. The summed E-state index contributed by atoms with van der Waals surface area (Å²) >= 11 is 6.02. The van der Waals surface area contributed by atoms with Gasteiger partial charge < -0.3 is 10.1 Å². The first kappa shape index (κ1) is 14.8. The molecular formula is C13H24ClNO2. The highest BCUT2D eigenvalue weighted by Crippen LogP contribution is 2.29. The second kappa shape index (κ2) is 6.05. The van der Waals surface area contributed by atoms with Crippen LogP contribution in [0.4, 0.5) is 0 Å². The van der Waals surface area contributed by atoms with Gasteiger partial charge in [0.2, 0.25) is 0 Å². The summed E-state index contributed by atoms with van der Waals surface area (Å²) in [5, 5.41) is 3.01. The Balaban J connectivity index is 2.52. The van der Waals surface area contributed by atoms with Crippen LogP contribution in [0.15, 0.2) is 0 Å². The van der Waals surface area contributed by atoms with Gasteiger partial charge in [0.05, 0.1) is 0 Å². The van der Waals surface area contributed by atoms with Gasteiger partial charge >= 0.3 is 0 Å². The van der Waals surface area contributed by atoms with Crippen LogP contribution in [0.25, 0.3) is 0 Å². The molecule has 0 spiro atoms. The van der Waals surface area contributed by atoms with Gasteiger partial charge in [-0.25, -0.2) is 0 Å². The Morgan fingerprint density at radius 2 is 2.12 bits per heavy atom. The Kier molecular flexibility index (Phi) is 5.26. The molecule has 0 aromatic rings. The van der Waals surface area contributed by atoms with E-state index < -0.39 is 5.60 Å². The molecule has 1 N–H and O–H groups in total. The molecule has 17 heavy (non-hydrogen) atoms. The monoisotopic (exact) mass is 261 g/mol. The van der Waals surface area contributed by atoms with Crippen LogP contribution >= 0.6 is 11.6 Å². The second-order valence-electron chi connectivity index (χ2n) is 5.21. The van der Waals surface area contributed by atoms with E-state index >= 15 is 0 Å². The van der Waals surface area contributed by atoms with E-state index in [0.717, 1.165) is 25.7 Å². The van der Waals surface area contributed by atoms with Crippen molar-refractivity contribution in [2.45, 2.75) is 52.1 Å². The van der Waals surface area contributed by atoms with Crippen molar-refractivity contribution >= 4 is 17.5 Å². The van der Waals surface area contributed by atoms with Crippen molar-refractivity contribution in [2.24, 2.45) is 5.41 Å². The minimum atomic E-state index is -0.625. The van der Waals surface area contributed by atoms with E-state index in [1.807, 2.05) is 6.92 Å². The number of amides is 1.